The van der Waals surface area contributed by atoms with Gasteiger partial charge in [-0.15, -0.1) is 0 Å². The van der Waals surface area contributed by atoms with Crippen LogP contribution in [0.2, 0.25) is 0 Å². The molecule has 6 heteroatoms. The Morgan fingerprint density at radius 1 is 1.03 bits per heavy atom. The maximum atomic E-state index is 13.1. The lowest BCUT2D eigenvalue weighted by Gasteiger charge is -2.09. The van der Waals surface area contributed by atoms with Crippen molar-refractivity contribution in [1.29, 1.82) is 0 Å². The molecule has 2 heterocycles. The number of carbonyl (C=O) groups is 1. The second-order valence-electron chi connectivity index (χ2n) is 6.85. The van der Waals surface area contributed by atoms with Crippen molar-refractivity contribution in [2.24, 2.45) is 7.05 Å². The molecule has 0 fully saturated rings. The summed E-state index contributed by atoms with van der Waals surface area (Å²) in [5, 5.41) is 7.67. The highest BCUT2D eigenvalue weighted by Crippen LogP contribution is 2.24. The van der Waals surface area contributed by atoms with Crippen molar-refractivity contribution in [3.63, 3.8) is 0 Å². The van der Waals surface area contributed by atoms with Crippen LogP contribution in [0.1, 0.15) is 16.1 Å². The SMILES string of the molecule is COc1ccc(-n2nc(-c3cccn3C)cc2C(=O)Nc2ccc(C)cc2)cc1. The summed E-state index contributed by atoms with van der Waals surface area (Å²) in [6.45, 7) is 2.01. The summed E-state index contributed by atoms with van der Waals surface area (Å²) in [6, 6.07) is 20.9. The Labute approximate surface area is 169 Å². The quantitative estimate of drug-likeness (QED) is 0.551. The van der Waals surface area contributed by atoms with Gasteiger partial charge in [0.05, 0.1) is 18.5 Å². The van der Waals surface area contributed by atoms with E-state index < -0.39 is 0 Å². The molecule has 0 saturated heterocycles. The first-order valence-electron chi connectivity index (χ1n) is 9.29. The predicted octanol–water partition coefficient (Wildman–Crippen LogP) is 4.45. The van der Waals surface area contributed by atoms with Gasteiger partial charge in [0.25, 0.3) is 5.91 Å². The number of amides is 1. The van der Waals surface area contributed by atoms with Crippen molar-refractivity contribution in [3.05, 3.63) is 84.2 Å². The van der Waals surface area contributed by atoms with Gasteiger partial charge in [0.2, 0.25) is 0 Å². The molecule has 4 rings (SSSR count). The monoisotopic (exact) mass is 386 g/mol. The molecule has 6 nitrogen and oxygen atoms in total. The summed E-state index contributed by atoms with van der Waals surface area (Å²) in [4.78, 5) is 13.1. The Kier molecular flexibility index (Phi) is 4.91. The summed E-state index contributed by atoms with van der Waals surface area (Å²) in [5.41, 5.74) is 4.76. The molecular weight excluding hydrogens is 364 g/mol. The van der Waals surface area contributed by atoms with E-state index in [1.807, 2.05) is 91.5 Å². The zero-order chi connectivity index (χ0) is 20.4. The molecule has 2 aromatic heterocycles. The lowest BCUT2D eigenvalue weighted by Crippen LogP contribution is -2.16. The van der Waals surface area contributed by atoms with Crippen LogP contribution in [0.3, 0.4) is 0 Å². The average Bonchev–Trinajstić information content (AvgIpc) is 3.36. The van der Waals surface area contributed by atoms with E-state index >= 15 is 0 Å². The number of nitrogens with zero attached hydrogens (tertiary/aromatic N) is 3. The van der Waals surface area contributed by atoms with Crippen LogP contribution in [0, 0.1) is 6.92 Å². The van der Waals surface area contributed by atoms with E-state index in [9.17, 15) is 4.79 Å². The molecule has 0 aliphatic heterocycles. The summed E-state index contributed by atoms with van der Waals surface area (Å²) >= 11 is 0. The molecule has 0 radical (unpaired) electrons. The summed E-state index contributed by atoms with van der Waals surface area (Å²) < 4.78 is 8.87. The van der Waals surface area contributed by atoms with Crippen LogP contribution in [0.25, 0.3) is 17.1 Å². The first kappa shape index (κ1) is 18.6. The van der Waals surface area contributed by atoms with Gasteiger partial charge < -0.3 is 14.6 Å². The molecule has 0 unspecified atom stereocenters. The van der Waals surface area contributed by atoms with Crippen LogP contribution in [0.5, 0.6) is 5.75 Å². The zero-order valence-electron chi connectivity index (χ0n) is 16.6. The van der Waals surface area contributed by atoms with Crippen LogP contribution in [0.15, 0.2) is 72.9 Å². The molecule has 1 N–H and O–H groups in total. The molecule has 4 aromatic rings. The van der Waals surface area contributed by atoms with Crippen LogP contribution in [0.4, 0.5) is 5.69 Å². The van der Waals surface area contributed by atoms with Gasteiger partial charge in [0.15, 0.2) is 0 Å². The fourth-order valence-corrected chi connectivity index (χ4v) is 3.15. The largest absolute Gasteiger partial charge is 0.497 e. The summed E-state index contributed by atoms with van der Waals surface area (Å²) in [5.74, 6) is 0.520. The lowest BCUT2D eigenvalue weighted by atomic mass is 10.2. The Morgan fingerprint density at radius 3 is 2.38 bits per heavy atom. The van der Waals surface area contributed by atoms with Crippen molar-refractivity contribution in [1.82, 2.24) is 14.3 Å². The molecule has 0 atom stereocenters. The third-order valence-electron chi connectivity index (χ3n) is 4.77. The topological polar surface area (TPSA) is 61.1 Å². The first-order chi connectivity index (χ1) is 14.0. The van der Waals surface area contributed by atoms with E-state index in [-0.39, 0.29) is 5.91 Å². The van der Waals surface area contributed by atoms with Gasteiger partial charge in [-0.25, -0.2) is 4.68 Å². The number of methoxy groups -OCH3 is 1. The Balaban J connectivity index is 1.75. The van der Waals surface area contributed by atoms with Gasteiger partial charge in [-0.05, 0) is 61.5 Å². The summed E-state index contributed by atoms with van der Waals surface area (Å²) in [6.07, 6.45) is 1.95. The minimum atomic E-state index is -0.224. The van der Waals surface area contributed by atoms with E-state index in [0.717, 1.165) is 34.1 Å². The van der Waals surface area contributed by atoms with E-state index in [2.05, 4.69) is 5.32 Å². The number of rotatable bonds is 5. The maximum Gasteiger partial charge on any atom is 0.274 e. The smallest absolute Gasteiger partial charge is 0.274 e. The van der Waals surface area contributed by atoms with Crippen LogP contribution < -0.4 is 10.1 Å². The minimum absolute atomic E-state index is 0.224. The number of aryl methyl sites for hydroxylation is 2. The van der Waals surface area contributed by atoms with E-state index in [0.29, 0.717) is 5.69 Å². The second-order valence-corrected chi connectivity index (χ2v) is 6.85. The van der Waals surface area contributed by atoms with Gasteiger partial charge in [0.1, 0.15) is 17.1 Å². The van der Waals surface area contributed by atoms with Crippen molar-refractivity contribution >= 4 is 11.6 Å². The normalized spacial score (nSPS) is 10.7. The van der Waals surface area contributed by atoms with Gasteiger partial charge in [-0.2, -0.15) is 5.10 Å². The Bertz CT molecular complexity index is 1140. The number of ether oxygens (including phenoxy) is 1. The van der Waals surface area contributed by atoms with Crippen LogP contribution in [-0.2, 0) is 7.05 Å². The van der Waals surface area contributed by atoms with Crippen LogP contribution >= 0.6 is 0 Å². The van der Waals surface area contributed by atoms with E-state index in [1.165, 1.54) is 0 Å². The van der Waals surface area contributed by atoms with E-state index in [4.69, 9.17) is 9.84 Å². The standard InChI is InChI=1S/C23H22N4O2/c1-16-6-8-17(9-7-16)24-23(28)22-15-20(21-5-4-14-26(21)2)25-27(22)18-10-12-19(29-3)13-11-18/h4-15H,1-3H3,(H,24,28). The third kappa shape index (κ3) is 3.78. The van der Waals surface area contributed by atoms with Crippen molar-refractivity contribution in [2.75, 3.05) is 12.4 Å². The molecule has 1 amide bonds. The molecule has 0 spiro atoms. The molecular formula is C23H22N4O2. The highest BCUT2D eigenvalue weighted by atomic mass is 16.5. The summed E-state index contributed by atoms with van der Waals surface area (Å²) in [7, 11) is 3.57. The van der Waals surface area contributed by atoms with Gasteiger partial charge in [-0.3, -0.25) is 4.79 Å². The fraction of sp³-hybridized carbons (Fsp3) is 0.130. The minimum Gasteiger partial charge on any atom is -0.497 e. The number of aromatic nitrogens is 3. The Hall–Kier alpha value is -3.80. The van der Waals surface area contributed by atoms with Crippen molar-refractivity contribution in [3.8, 4) is 22.8 Å². The molecule has 0 saturated carbocycles. The maximum absolute atomic E-state index is 13.1. The highest BCUT2D eigenvalue weighted by Gasteiger charge is 2.19. The second kappa shape index (κ2) is 7.67. The molecule has 0 aliphatic rings. The number of hydrogen-bond donors (Lipinski definition) is 1. The molecule has 0 aliphatic carbocycles. The fourth-order valence-electron chi connectivity index (χ4n) is 3.15. The van der Waals surface area contributed by atoms with Gasteiger partial charge in [-0.1, -0.05) is 17.7 Å². The third-order valence-corrected chi connectivity index (χ3v) is 4.77. The molecule has 2 aromatic carbocycles. The van der Waals surface area contributed by atoms with Crippen LogP contribution in [-0.4, -0.2) is 27.4 Å². The molecule has 146 valence electrons. The number of hydrogen-bond acceptors (Lipinski definition) is 3. The predicted molar refractivity (Wildman–Crippen MR) is 114 cm³/mol. The lowest BCUT2D eigenvalue weighted by molar-refractivity contribution is 0.101. The molecule has 29 heavy (non-hydrogen) atoms. The highest BCUT2D eigenvalue weighted by molar-refractivity contribution is 6.04. The Morgan fingerprint density at radius 2 is 1.76 bits per heavy atom. The van der Waals surface area contributed by atoms with Gasteiger partial charge in [0, 0.05) is 18.9 Å². The first-order valence-corrected chi connectivity index (χ1v) is 9.29. The number of nitrogens with one attached hydrogen (secondary N) is 1. The average molecular weight is 386 g/mol. The van der Waals surface area contributed by atoms with Crippen molar-refractivity contribution < 1.29 is 9.53 Å². The number of benzene rings is 2. The van der Waals surface area contributed by atoms with E-state index in [1.54, 1.807) is 11.8 Å². The zero-order valence-corrected chi connectivity index (χ0v) is 16.6. The number of anilines is 1. The van der Waals surface area contributed by atoms with Crippen molar-refractivity contribution in [2.45, 2.75) is 6.92 Å². The van der Waals surface area contributed by atoms with Gasteiger partial charge >= 0.3 is 0 Å². The number of carbonyl (C=O) groups excluding carboxylic acids is 1. The molecule has 0 bridgehead atoms.